The molecule has 4 heteroatoms. The Balaban J connectivity index is 2.14. The Morgan fingerprint density at radius 1 is 1.29 bits per heavy atom. The Kier molecular flexibility index (Phi) is 4.01. The topological polar surface area (TPSA) is 18.5 Å². The van der Waals surface area contributed by atoms with Crippen LogP contribution in [0.3, 0.4) is 0 Å². The lowest BCUT2D eigenvalue weighted by Crippen LogP contribution is -2.52. The van der Waals surface area contributed by atoms with Gasteiger partial charge in [0.05, 0.1) is 0 Å². The first-order valence-electron chi connectivity index (χ1n) is 5.63. The molecule has 1 aromatic carbocycles. The Morgan fingerprint density at radius 2 is 1.88 bits per heavy atom. The van der Waals surface area contributed by atoms with Crippen LogP contribution in [0.25, 0.3) is 0 Å². The SMILES string of the molecule is COC1C(Br)CC1Oc1c(C)cc(Cl)cc1C. The van der Waals surface area contributed by atoms with E-state index in [9.17, 15) is 0 Å². The van der Waals surface area contributed by atoms with Gasteiger partial charge in [-0.3, -0.25) is 0 Å². The third-order valence-electron chi connectivity index (χ3n) is 3.15. The number of aryl methyl sites for hydroxylation is 2. The van der Waals surface area contributed by atoms with Crippen molar-refractivity contribution >= 4 is 27.5 Å². The van der Waals surface area contributed by atoms with Crippen LogP contribution in [0.1, 0.15) is 17.5 Å². The van der Waals surface area contributed by atoms with Crippen molar-refractivity contribution in [2.45, 2.75) is 37.3 Å². The monoisotopic (exact) mass is 318 g/mol. The van der Waals surface area contributed by atoms with Gasteiger partial charge < -0.3 is 9.47 Å². The average molecular weight is 320 g/mol. The molecule has 3 unspecified atom stereocenters. The Hall–Kier alpha value is -0.250. The molecule has 0 heterocycles. The van der Waals surface area contributed by atoms with E-state index in [4.69, 9.17) is 21.1 Å². The lowest BCUT2D eigenvalue weighted by molar-refractivity contribution is -0.0549. The van der Waals surface area contributed by atoms with E-state index in [1.165, 1.54) is 0 Å². The van der Waals surface area contributed by atoms with Crippen molar-refractivity contribution in [1.82, 2.24) is 0 Å². The van der Waals surface area contributed by atoms with E-state index in [1.54, 1.807) is 7.11 Å². The van der Waals surface area contributed by atoms with E-state index in [-0.39, 0.29) is 12.2 Å². The Bertz CT molecular complexity index is 399. The molecule has 0 saturated heterocycles. The molecule has 1 aromatic rings. The van der Waals surface area contributed by atoms with Crippen LogP contribution in [-0.2, 0) is 4.74 Å². The molecule has 0 aliphatic heterocycles. The first-order chi connectivity index (χ1) is 8.02. The maximum Gasteiger partial charge on any atom is 0.127 e. The molecule has 0 bridgehead atoms. The first kappa shape index (κ1) is 13.2. The third-order valence-corrected chi connectivity index (χ3v) is 4.26. The maximum absolute atomic E-state index is 6.03. The molecule has 0 N–H and O–H groups in total. The van der Waals surface area contributed by atoms with E-state index in [0.717, 1.165) is 28.3 Å². The van der Waals surface area contributed by atoms with Crippen LogP contribution in [0.5, 0.6) is 5.75 Å². The summed E-state index contributed by atoms with van der Waals surface area (Å²) < 4.78 is 11.4. The fourth-order valence-corrected chi connectivity index (χ4v) is 3.43. The van der Waals surface area contributed by atoms with Crippen molar-refractivity contribution in [3.05, 3.63) is 28.3 Å². The molecular formula is C13H16BrClO2. The summed E-state index contributed by atoms with van der Waals surface area (Å²) in [5.74, 6) is 0.931. The van der Waals surface area contributed by atoms with Gasteiger partial charge in [0.25, 0.3) is 0 Å². The van der Waals surface area contributed by atoms with Gasteiger partial charge in [-0.05, 0) is 37.1 Å². The zero-order chi connectivity index (χ0) is 12.6. The van der Waals surface area contributed by atoms with E-state index in [2.05, 4.69) is 15.9 Å². The minimum Gasteiger partial charge on any atom is -0.487 e. The Labute approximate surface area is 115 Å². The number of hydrogen-bond donors (Lipinski definition) is 0. The van der Waals surface area contributed by atoms with Gasteiger partial charge in [0.2, 0.25) is 0 Å². The zero-order valence-corrected chi connectivity index (χ0v) is 12.5. The molecule has 3 atom stereocenters. The van der Waals surface area contributed by atoms with Crippen LogP contribution < -0.4 is 4.74 Å². The average Bonchev–Trinajstić information content (AvgIpc) is 2.21. The van der Waals surface area contributed by atoms with Crippen LogP contribution in [0.2, 0.25) is 5.02 Å². The molecule has 0 aromatic heterocycles. The van der Waals surface area contributed by atoms with Gasteiger partial charge in [0.1, 0.15) is 18.0 Å². The fraction of sp³-hybridized carbons (Fsp3) is 0.538. The van der Waals surface area contributed by atoms with E-state index < -0.39 is 0 Å². The highest BCUT2D eigenvalue weighted by molar-refractivity contribution is 9.09. The maximum atomic E-state index is 6.03. The summed E-state index contributed by atoms with van der Waals surface area (Å²) >= 11 is 9.56. The predicted octanol–water partition coefficient (Wildman–Crippen LogP) is 3.89. The first-order valence-corrected chi connectivity index (χ1v) is 6.92. The van der Waals surface area contributed by atoms with Crippen molar-refractivity contribution in [3.8, 4) is 5.75 Å². The summed E-state index contributed by atoms with van der Waals surface area (Å²) in [5, 5.41) is 0.752. The van der Waals surface area contributed by atoms with Gasteiger partial charge in [-0.25, -0.2) is 0 Å². The van der Waals surface area contributed by atoms with Gasteiger partial charge in [-0.1, -0.05) is 27.5 Å². The number of ether oxygens (including phenoxy) is 2. The number of rotatable bonds is 3. The number of hydrogen-bond acceptors (Lipinski definition) is 2. The molecule has 1 aliphatic rings. The van der Waals surface area contributed by atoms with Crippen molar-refractivity contribution in [3.63, 3.8) is 0 Å². The zero-order valence-electron chi connectivity index (χ0n) is 10.2. The minimum absolute atomic E-state index is 0.128. The van der Waals surface area contributed by atoms with Gasteiger partial charge in [-0.2, -0.15) is 0 Å². The standard InChI is InChI=1S/C13H16BrClO2/c1-7-4-9(15)5-8(2)12(7)17-11-6-10(14)13(11)16-3/h4-5,10-11,13H,6H2,1-3H3. The molecular weight excluding hydrogens is 303 g/mol. The lowest BCUT2D eigenvalue weighted by atomic mass is 9.91. The molecule has 1 fully saturated rings. The van der Waals surface area contributed by atoms with Gasteiger partial charge >= 0.3 is 0 Å². The van der Waals surface area contributed by atoms with Crippen LogP contribution in [0.15, 0.2) is 12.1 Å². The lowest BCUT2D eigenvalue weighted by Gasteiger charge is -2.40. The number of benzene rings is 1. The third kappa shape index (κ3) is 2.61. The second-order valence-electron chi connectivity index (χ2n) is 4.48. The van der Waals surface area contributed by atoms with E-state index >= 15 is 0 Å². The van der Waals surface area contributed by atoms with Crippen LogP contribution >= 0.6 is 27.5 Å². The van der Waals surface area contributed by atoms with Gasteiger partial charge in [0, 0.05) is 23.4 Å². The normalized spacial score (nSPS) is 27.7. The molecule has 0 radical (unpaired) electrons. The molecule has 0 amide bonds. The summed E-state index contributed by atoms with van der Waals surface area (Å²) in [6, 6.07) is 3.85. The summed E-state index contributed by atoms with van der Waals surface area (Å²) in [5.41, 5.74) is 2.14. The van der Waals surface area contributed by atoms with Gasteiger partial charge in [-0.15, -0.1) is 0 Å². The number of methoxy groups -OCH3 is 1. The molecule has 2 rings (SSSR count). The predicted molar refractivity (Wildman–Crippen MR) is 73.5 cm³/mol. The Morgan fingerprint density at radius 3 is 2.35 bits per heavy atom. The highest BCUT2D eigenvalue weighted by Crippen LogP contribution is 2.36. The van der Waals surface area contributed by atoms with Crippen molar-refractivity contribution in [1.29, 1.82) is 0 Å². The van der Waals surface area contributed by atoms with Crippen LogP contribution in [-0.4, -0.2) is 24.1 Å². The smallest absolute Gasteiger partial charge is 0.127 e. The molecule has 0 spiro atoms. The molecule has 17 heavy (non-hydrogen) atoms. The van der Waals surface area contributed by atoms with Crippen molar-refractivity contribution in [2.75, 3.05) is 7.11 Å². The summed E-state index contributed by atoms with van der Waals surface area (Å²) in [6.07, 6.45) is 1.23. The molecule has 1 saturated carbocycles. The molecule has 1 aliphatic carbocycles. The quantitative estimate of drug-likeness (QED) is 0.787. The minimum atomic E-state index is 0.128. The number of halogens is 2. The summed E-state index contributed by atoms with van der Waals surface area (Å²) in [6.45, 7) is 4.03. The summed E-state index contributed by atoms with van der Waals surface area (Å²) in [4.78, 5) is 0.394. The molecule has 2 nitrogen and oxygen atoms in total. The van der Waals surface area contributed by atoms with Crippen molar-refractivity contribution < 1.29 is 9.47 Å². The van der Waals surface area contributed by atoms with E-state index in [1.807, 2.05) is 26.0 Å². The highest BCUT2D eigenvalue weighted by atomic mass is 79.9. The second kappa shape index (κ2) is 5.17. The van der Waals surface area contributed by atoms with E-state index in [0.29, 0.717) is 4.83 Å². The second-order valence-corrected chi connectivity index (χ2v) is 6.09. The van der Waals surface area contributed by atoms with Gasteiger partial charge in [0.15, 0.2) is 0 Å². The van der Waals surface area contributed by atoms with Crippen LogP contribution in [0, 0.1) is 13.8 Å². The van der Waals surface area contributed by atoms with Crippen LogP contribution in [0.4, 0.5) is 0 Å². The number of alkyl halides is 1. The highest BCUT2D eigenvalue weighted by Gasteiger charge is 2.42. The summed E-state index contributed by atoms with van der Waals surface area (Å²) in [7, 11) is 1.72. The molecule has 94 valence electrons. The largest absolute Gasteiger partial charge is 0.487 e. The van der Waals surface area contributed by atoms with Crippen molar-refractivity contribution in [2.24, 2.45) is 0 Å². The fourth-order valence-electron chi connectivity index (χ4n) is 2.18.